The number of H-pyrrole nitrogens is 1. The van der Waals surface area contributed by atoms with Crippen molar-refractivity contribution in [2.24, 2.45) is 0 Å². The molecular weight excluding hydrogens is 443 g/mol. The molecule has 1 saturated carbocycles. The molecule has 5 rings (SSSR count). The van der Waals surface area contributed by atoms with Crippen molar-refractivity contribution in [2.45, 2.75) is 61.6 Å². The minimum absolute atomic E-state index is 0.0383. The quantitative estimate of drug-likeness (QED) is 0.660. The number of hydrogen-bond donors (Lipinski definition) is 2. The van der Waals surface area contributed by atoms with Gasteiger partial charge in [0.15, 0.2) is 0 Å². The van der Waals surface area contributed by atoms with Crippen molar-refractivity contribution in [3.05, 3.63) is 34.1 Å². The summed E-state index contributed by atoms with van der Waals surface area (Å²) in [6.07, 6.45) is 6.41. The molecule has 1 aromatic heterocycles. The lowest BCUT2D eigenvalue weighted by molar-refractivity contribution is 0.00791. The molecule has 2 aromatic rings. The lowest BCUT2D eigenvalue weighted by Gasteiger charge is -2.39. The van der Waals surface area contributed by atoms with Crippen LogP contribution in [0.15, 0.2) is 16.9 Å². The molecule has 0 radical (unpaired) electrons. The number of nitrogens with one attached hydrogen (secondary N) is 2. The van der Waals surface area contributed by atoms with E-state index in [1.165, 1.54) is 6.07 Å². The van der Waals surface area contributed by atoms with E-state index < -0.39 is 11.4 Å². The maximum atomic E-state index is 14.8. The molecule has 3 aliphatic rings. The van der Waals surface area contributed by atoms with Crippen LogP contribution in [-0.4, -0.2) is 71.7 Å². The molecule has 1 aliphatic carbocycles. The topological polar surface area (TPSA) is 79.5 Å². The molecule has 2 aliphatic heterocycles. The van der Waals surface area contributed by atoms with E-state index in [1.807, 2.05) is 6.07 Å². The first-order valence-electron chi connectivity index (χ1n) is 12.2. The molecule has 7 nitrogen and oxygen atoms in total. The SMILES string of the molecule is O=c1[nH]c(CSC2CCOCC2)nc2cc(N[C@H]3CC[C@@H](N4CCOCC4)CC3)cc(F)c12. The first-order chi connectivity index (χ1) is 16.2. The van der Waals surface area contributed by atoms with E-state index in [1.54, 1.807) is 11.8 Å². The van der Waals surface area contributed by atoms with Crippen molar-refractivity contribution in [3.63, 3.8) is 0 Å². The second-order valence-corrected chi connectivity index (χ2v) is 10.6. The molecule has 33 heavy (non-hydrogen) atoms. The molecule has 1 aromatic carbocycles. The molecule has 0 unspecified atom stereocenters. The summed E-state index contributed by atoms with van der Waals surface area (Å²) >= 11 is 1.78. The summed E-state index contributed by atoms with van der Waals surface area (Å²) in [7, 11) is 0. The van der Waals surface area contributed by atoms with E-state index >= 15 is 0 Å². The van der Waals surface area contributed by atoms with Crippen LogP contribution >= 0.6 is 11.8 Å². The largest absolute Gasteiger partial charge is 0.382 e. The Kier molecular flexibility index (Phi) is 7.49. The van der Waals surface area contributed by atoms with Crippen LogP contribution < -0.4 is 10.9 Å². The number of thioether (sulfide) groups is 1. The number of rotatable bonds is 6. The smallest absolute Gasteiger partial charge is 0.261 e. The third kappa shape index (κ3) is 5.70. The van der Waals surface area contributed by atoms with Gasteiger partial charge in [-0.2, -0.15) is 11.8 Å². The summed E-state index contributed by atoms with van der Waals surface area (Å²) in [6, 6.07) is 4.19. The lowest BCUT2D eigenvalue weighted by atomic mass is 9.89. The van der Waals surface area contributed by atoms with Crippen molar-refractivity contribution in [1.29, 1.82) is 0 Å². The summed E-state index contributed by atoms with van der Waals surface area (Å²) in [5.41, 5.74) is 0.722. The maximum Gasteiger partial charge on any atom is 0.261 e. The van der Waals surface area contributed by atoms with Gasteiger partial charge in [-0.05, 0) is 50.7 Å². The van der Waals surface area contributed by atoms with Crippen LogP contribution in [0.4, 0.5) is 10.1 Å². The molecule has 2 N–H and O–H groups in total. The van der Waals surface area contributed by atoms with Gasteiger partial charge < -0.3 is 19.8 Å². The van der Waals surface area contributed by atoms with Crippen LogP contribution in [0.2, 0.25) is 0 Å². The van der Waals surface area contributed by atoms with Gasteiger partial charge >= 0.3 is 0 Å². The minimum atomic E-state index is -0.519. The Balaban J connectivity index is 1.24. The predicted molar refractivity (Wildman–Crippen MR) is 130 cm³/mol. The van der Waals surface area contributed by atoms with Crippen LogP contribution in [0.1, 0.15) is 44.3 Å². The van der Waals surface area contributed by atoms with Gasteiger partial charge in [-0.25, -0.2) is 9.37 Å². The molecule has 3 fully saturated rings. The van der Waals surface area contributed by atoms with Crippen molar-refractivity contribution in [2.75, 3.05) is 44.8 Å². The summed E-state index contributed by atoms with van der Waals surface area (Å²) in [4.78, 5) is 22.5. The molecule has 3 heterocycles. The molecule has 0 spiro atoms. The van der Waals surface area contributed by atoms with Crippen molar-refractivity contribution in [1.82, 2.24) is 14.9 Å². The summed E-state index contributed by atoms with van der Waals surface area (Å²) in [6.45, 7) is 5.27. The Labute approximate surface area is 197 Å². The van der Waals surface area contributed by atoms with Crippen LogP contribution in [-0.2, 0) is 15.2 Å². The standard InChI is InChI=1S/C24H33FN4O3S/c25-20-13-17(26-16-1-3-18(4-2-16)29-7-11-32-12-8-29)14-21-23(20)24(30)28-22(27-21)15-33-19-5-9-31-10-6-19/h13-14,16,18-19,26H,1-12,15H2,(H,27,28,30)/t16-,18+. The first-order valence-corrected chi connectivity index (χ1v) is 13.2. The van der Waals surface area contributed by atoms with E-state index in [0.29, 0.717) is 40.1 Å². The maximum absolute atomic E-state index is 14.8. The predicted octanol–water partition coefficient (Wildman–Crippen LogP) is 3.53. The van der Waals surface area contributed by atoms with E-state index in [2.05, 4.69) is 20.2 Å². The number of ether oxygens (including phenoxy) is 2. The number of hydrogen-bond acceptors (Lipinski definition) is 7. The van der Waals surface area contributed by atoms with Gasteiger partial charge in [-0.3, -0.25) is 9.69 Å². The number of aromatic amines is 1. The minimum Gasteiger partial charge on any atom is -0.382 e. The molecule has 180 valence electrons. The van der Waals surface area contributed by atoms with E-state index in [9.17, 15) is 9.18 Å². The molecular formula is C24H33FN4O3S. The van der Waals surface area contributed by atoms with Gasteiger partial charge in [0.25, 0.3) is 5.56 Å². The zero-order valence-electron chi connectivity index (χ0n) is 19.0. The lowest BCUT2D eigenvalue weighted by Crippen LogP contribution is -2.46. The number of nitrogens with zero attached hydrogens (tertiary/aromatic N) is 2. The average Bonchev–Trinajstić information content (AvgIpc) is 2.84. The zero-order valence-corrected chi connectivity index (χ0v) is 19.8. The summed E-state index contributed by atoms with van der Waals surface area (Å²) in [5.74, 6) is 0.696. The van der Waals surface area contributed by atoms with Crippen molar-refractivity contribution >= 4 is 28.4 Å². The summed E-state index contributed by atoms with van der Waals surface area (Å²) < 4.78 is 25.7. The number of anilines is 1. The highest BCUT2D eigenvalue weighted by atomic mass is 32.2. The fraction of sp³-hybridized carbons (Fsp3) is 0.667. The second kappa shape index (κ2) is 10.7. The fourth-order valence-corrected chi connectivity index (χ4v) is 6.28. The van der Waals surface area contributed by atoms with Crippen LogP contribution in [0.3, 0.4) is 0 Å². The Morgan fingerprint density at radius 3 is 2.55 bits per heavy atom. The second-order valence-electron chi connectivity index (χ2n) is 9.29. The van der Waals surface area contributed by atoms with Crippen LogP contribution in [0.5, 0.6) is 0 Å². The van der Waals surface area contributed by atoms with Gasteiger partial charge in [-0.1, -0.05) is 0 Å². The van der Waals surface area contributed by atoms with E-state index in [-0.39, 0.29) is 5.39 Å². The van der Waals surface area contributed by atoms with Crippen LogP contribution in [0.25, 0.3) is 10.9 Å². The molecule has 0 atom stereocenters. The number of morpholine rings is 1. The third-order valence-corrected chi connectivity index (χ3v) is 8.45. The van der Waals surface area contributed by atoms with Crippen LogP contribution in [0, 0.1) is 5.82 Å². The Bertz CT molecular complexity index is 999. The van der Waals surface area contributed by atoms with Gasteiger partial charge in [0.1, 0.15) is 17.0 Å². The van der Waals surface area contributed by atoms with Gasteiger partial charge in [0.2, 0.25) is 0 Å². The fourth-order valence-electron chi connectivity index (χ4n) is 5.23. The molecule has 9 heteroatoms. The third-order valence-electron chi connectivity index (χ3n) is 7.06. The first kappa shape index (κ1) is 23.1. The van der Waals surface area contributed by atoms with Crippen molar-refractivity contribution < 1.29 is 13.9 Å². The monoisotopic (exact) mass is 476 g/mol. The molecule has 0 bridgehead atoms. The highest BCUT2D eigenvalue weighted by Crippen LogP contribution is 2.28. The Morgan fingerprint density at radius 2 is 1.79 bits per heavy atom. The normalized spacial score (nSPS) is 25.4. The number of halogens is 1. The zero-order chi connectivity index (χ0) is 22.6. The molecule has 0 amide bonds. The van der Waals surface area contributed by atoms with Gasteiger partial charge in [0, 0.05) is 49.3 Å². The van der Waals surface area contributed by atoms with Gasteiger partial charge in [0.05, 0.1) is 24.5 Å². The molecule has 2 saturated heterocycles. The van der Waals surface area contributed by atoms with Crippen molar-refractivity contribution in [3.8, 4) is 0 Å². The Morgan fingerprint density at radius 1 is 1.06 bits per heavy atom. The van der Waals surface area contributed by atoms with E-state index in [0.717, 1.165) is 78.0 Å². The van der Waals surface area contributed by atoms with E-state index in [4.69, 9.17) is 9.47 Å². The number of aromatic nitrogens is 2. The highest BCUT2D eigenvalue weighted by Gasteiger charge is 2.27. The van der Waals surface area contributed by atoms with Gasteiger partial charge in [-0.15, -0.1) is 0 Å². The average molecular weight is 477 g/mol. The Hall–Kier alpha value is -1.68. The number of benzene rings is 1. The number of fused-ring (bicyclic) bond motifs is 1. The summed E-state index contributed by atoms with van der Waals surface area (Å²) in [5, 5.41) is 4.05. The highest BCUT2D eigenvalue weighted by molar-refractivity contribution is 7.99.